The van der Waals surface area contributed by atoms with Gasteiger partial charge in [0.15, 0.2) is 12.4 Å². The Morgan fingerprint density at radius 2 is 2.26 bits per heavy atom. The number of Topliss-reactive ketones (excluding diaryl/α,β-unsaturated/α-hetero) is 1. The standard InChI is InChI=1S/C15H12ClN3O3S/c1-8-14(23-7-17-8)15-18-13(19-22-15)6-21-12-4-3-10(9(2)20)5-11(12)16/h3-5,7H,6H2,1-2H3. The minimum Gasteiger partial charge on any atom is -0.484 e. The summed E-state index contributed by atoms with van der Waals surface area (Å²) in [7, 11) is 0. The van der Waals surface area contributed by atoms with E-state index in [4.69, 9.17) is 20.9 Å². The van der Waals surface area contributed by atoms with E-state index in [9.17, 15) is 4.79 Å². The molecule has 6 nitrogen and oxygen atoms in total. The number of rotatable bonds is 5. The van der Waals surface area contributed by atoms with E-state index in [-0.39, 0.29) is 12.4 Å². The molecule has 2 aromatic heterocycles. The second kappa shape index (κ2) is 6.47. The summed E-state index contributed by atoms with van der Waals surface area (Å²) in [6.07, 6.45) is 0. The van der Waals surface area contributed by atoms with Crippen molar-refractivity contribution >= 4 is 28.7 Å². The molecule has 0 saturated carbocycles. The average molecular weight is 350 g/mol. The SMILES string of the molecule is CC(=O)c1ccc(OCc2noc(-c3scnc3C)n2)c(Cl)c1. The Kier molecular flexibility index (Phi) is 4.40. The number of benzene rings is 1. The van der Waals surface area contributed by atoms with Crippen molar-refractivity contribution in [1.82, 2.24) is 15.1 Å². The lowest BCUT2D eigenvalue weighted by Crippen LogP contribution is -1.99. The molecule has 0 bridgehead atoms. The van der Waals surface area contributed by atoms with E-state index in [2.05, 4.69) is 15.1 Å². The van der Waals surface area contributed by atoms with Gasteiger partial charge in [0.2, 0.25) is 5.82 Å². The van der Waals surface area contributed by atoms with Gasteiger partial charge in [0, 0.05) is 5.56 Å². The maximum absolute atomic E-state index is 11.3. The van der Waals surface area contributed by atoms with E-state index in [1.54, 1.807) is 23.7 Å². The Balaban J connectivity index is 1.71. The molecule has 0 aliphatic rings. The van der Waals surface area contributed by atoms with Gasteiger partial charge < -0.3 is 9.26 Å². The van der Waals surface area contributed by atoms with Crippen LogP contribution in [0, 0.1) is 6.92 Å². The number of carbonyl (C=O) groups excluding carboxylic acids is 1. The molecule has 0 aliphatic carbocycles. The number of ketones is 1. The lowest BCUT2D eigenvalue weighted by molar-refractivity contribution is 0.101. The topological polar surface area (TPSA) is 78.1 Å². The van der Waals surface area contributed by atoms with Gasteiger partial charge in [-0.05, 0) is 32.0 Å². The van der Waals surface area contributed by atoms with Crippen molar-refractivity contribution in [3.63, 3.8) is 0 Å². The van der Waals surface area contributed by atoms with Gasteiger partial charge in [-0.2, -0.15) is 4.98 Å². The van der Waals surface area contributed by atoms with Crippen LogP contribution in [-0.2, 0) is 6.61 Å². The highest BCUT2D eigenvalue weighted by atomic mass is 35.5. The maximum Gasteiger partial charge on any atom is 0.270 e. The van der Waals surface area contributed by atoms with Crippen molar-refractivity contribution in [2.75, 3.05) is 0 Å². The smallest absolute Gasteiger partial charge is 0.270 e. The summed E-state index contributed by atoms with van der Waals surface area (Å²) < 4.78 is 10.8. The zero-order chi connectivity index (χ0) is 16.4. The van der Waals surface area contributed by atoms with Crippen molar-refractivity contribution in [1.29, 1.82) is 0 Å². The average Bonchev–Trinajstić information content (AvgIpc) is 3.14. The molecule has 0 atom stereocenters. The molecule has 3 aromatic rings. The van der Waals surface area contributed by atoms with Gasteiger partial charge in [-0.25, -0.2) is 4.98 Å². The second-order valence-corrected chi connectivity index (χ2v) is 6.03. The van der Waals surface area contributed by atoms with Crippen molar-refractivity contribution in [3.8, 4) is 16.5 Å². The Morgan fingerprint density at radius 3 is 2.91 bits per heavy atom. The summed E-state index contributed by atoms with van der Waals surface area (Å²) in [5, 5.41) is 4.24. The summed E-state index contributed by atoms with van der Waals surface area (Å²) in [6.45, 7) is 3.47. The summed E-state index contributed by atoms with van der Waals surface area (Å²) >= 11 is 7.53. The van der Waals surface area contributed by atoms with Crippen LogP contribution in [0.5, 0.6) is 5.75 Å². The van der Waals surface area contributed by atoms with Gasteiger partial charge in [0.05, 0.1) is 16.2 Å². The van der Waals surface area contributed by atoms with Gasteiger partial charge in [0.25, 0.3) is 5.89 Å². The molecule has 0 amide bonds. The minimum absolute atomic E-state index is 0.0545. The molecular formula is C15H12ClN3O3S. The predicted molar refractivity (Wildman–Crippen MR) is 85.9 cm³/mol. The van der Waals surface area contributed by atoms with Gasteiger partial charge >= 0.3 is 0 Å². The Bertz CT molecular complexity index is 859. The number of aromatic nitrogens is 3. The number of hydrogen-bond acceptors (Lipinski definition) is 7. The Labute approximate surface area is 141 Å². The number of nitrogens with zero attached hydrogens (tertiary/aromatic N) is 3. The molecule has 3 rings (SSSR count). The zero-order valence-electron chi connectivity index (χ0n) is 12.4. The first-order chi connectivity index (χ1) is 11.0. The molecule has 2 heterocycles. The number of thiazole rings is 1. The third-order valence-electron chi connectivity index (χ3n) is 3.10. The van der Waals surface area contributed by atoms with Crippen molar-refractivity contribution < 1.29 is 14.1 Å². The number of ether oxygens (including phenoxy) is 1. The molecule has 8 heteroatoms. The van der Waals surface area contributed by atoms with E-state index < -0.39 is 0 Å². The molecule has 23 heavy (non-hydrogen) atoms. The predicted octanol–water partition coefficient (Wildman–Crippen LogP) is 3.94. The quantitative estimate of drug-likeness (QED) is 0.649. The van der Waals surface area contributed by atoms with E-state index in [1.165, 1.54) is 18.3 Å². The molecule has 0 unspecified atom stereocenters. The molecule has 0 aliphatic heterocycles. The first-order valence-electron chi connectivity index (χ1n) is 6.71. The van der Waals surface area contributed by atoms with E-state index >= 15 is 0 Å². The highest BCUT2D eigenvalue weighted by Gasteiger charge is 2.14. The maximum atomic E-state index is 11.3. The van der Waals surface area contributed by atoms with Crippen LogP contribution in [-0.4, -0.2) is 20.9 Å². The van der Waals surface area contributed by atoms with Crippen LogP contribution in [0.3, 0.4) is 0 Å². The minimum atomic E-state index is -0.0545. The van der Waals surface area contributed by atoms with Gasteiger partial charge in [-0.3, -0.25) is 4.79 Å². The number of aryl methyl sites for hydroxylation is 1. The van der Waals surface area contributed by atoms with E-state index in [0.717, 1.165) is 10.6 Å². The van der Waals surface area contributed by atoms with Crippen molar-refractivity contribution in [3.05, 3.63) is 45.8 Å². The van der Waals surface area contributed by atoms with Crippen LogP contribution in [0.25, 0.3) is 10.8 Å². The van der Waals surface area contributed by atoms with Gasteiger partial charge in [-0.1, -0.05) is 16.8 Å². The number of hydrogen-bond donors (Lipinski definition) is 0. The molecule has 0 fully saturated rings. The summed E-state index contributed by atoms with van der Waals surface area (Å²) in [5.74, 6) is 1.22. The van der Waals surface area contributed by atoms with E-state index in [0.29, 0.717) is 28.1 Å². The highest BCUT2D eigenvalue weighted by Crippen LogP contribution is 2.28. The Morgan fingerprint density at radius 1 is 1.43 bits per heavy atom. The normalized spacial score (nSPS) is 10.7. The van der Waals surface area contributed by atoms with Gasteiger partial charge in [-0.15, -0.1) is 11.3 Å². The van der Waals surface area contributed by atoms with Crippen LogP contribution >= 0.6 is 22.9 Å². The highest BCUT2D eigenvalue weighted by molar-refractivity contribution is 7.13. The van der Waals surface area contributed by atoms with Crippen LogP contribution in [0.2, 0.25) is 5.02 Å². The zero-order valence-corrected chi connectivity index (χ0v) is 13.9. The van der Waals surface area contributed by atoms with Crippen LogP contribution in [0.15, 0.2) is 28.2 Å². The lowest BCUT2D eigenvalue weighted by Gasteiger charge is -2.06. The third-order valence-corrected chi connectivity index (χ3v) is 4.31. The molecule has 118 valence electrons. The number of carbonyl (C=O) groups is 1. The summed E-state index contributed by atoms with van der Waals surface area (Å²) in [5.41, 5.74) is 3.10. The fourth-order valence-electron chi connectivity index (χ4n) is 1.89. The first-order valence-corrected chi connectivity index (χ1v) is 7.96. The van der Waals surface area contributed by atoms with Crippen molar-refractivity contribution in [2.24, 2.45) is 0 Å². The number of halogens is 1. The summed E-state index contributed by atoms with van der Waals surface area (Å²) in [6, 6.07) is 4.88. The molecule has 0 N–H and O–H groups in total. The third kappa shape index (κ3) is 3.40. The van der Waals surface area contributed by atoms with Crippen LogP contribution in [0.4, 0.5) is 0 Å². The summed E-state index contributed by atoms with van der Waals surface area (Å²) in [4.78, 5) is 20.6. The van der Waals surface area contributed by atoms with Crippen LogP contribution in [0.1, 0.15) is 28.8 Å². The Hall–Kier alpha value is -2.25. The lowest BCUT2D eigenvalue weighted by atomic mass is 10.1. The molecule has 0 saturated heterocycles. The largest absolute Gasteiger partial charge is 0.484 e. The molecule has 1 aromatic carbocycles. The molecule has 0 spiro atoms. The fraction of sp³-hybridized carbons (Fsp3) is 0.200. The fourth-order valence-corrected chi connectivity index (χ4v) is 2.85. The van der Waals surface area contributed by atoms with Crippen molar-refractivity contribution in [2.45, 2.75) is 20.5 Å². The molecule has 0 radical (unpaired) electrons. The second-order valence-electron chi connectivity index (χ2n) is 4.77. The van der Waals surface area contributed by atoms with E-state index in [1.807, 2.05) is 6.92 Å². The molecular weight excluding hydrogens is 338 g/mol. The first kappa shape index (κ1) is 15.6. The van der Waals surface area contributed by atoms with Gasteiger partial charge in [0.1, 0.15) is 10.6 Å². The monoisotopic (exact) mass is 349 g/mol. The van der Waals surface area contributed by atoms with Crippen LogP contribution < -0.4 is 4.74 Å².